The van der Waals surface area contributed by atoms with Gasteiger partial charge in [0.05, 0.1) is 6.61 Å². The molecule has 2 aromatic rings. The minimum atomic E-state index is 0.695. The lowest BCUT2D eigenvalue weighted by atomic mass is 10.2. The van der Waals surface area contributed by atoms with E-state index in [2.05, 4.69) is 24.4 Å². The molecule has 0 atom stereocenters. The molecule has 0 aliphatic heterocycles. The van der Waals surface area contributed by atoms with Crippen LogP contribution in [-0.4, -0.2) is 13.2 Å². The molecule has 3 heteroatoms. The van der Waals surface area contributed by atoms with Gasteiger partial charge in [0.1, 0.15) is 5.75 Å². The highest BCUT2D eigenvalue weighted by Gasteiger charge is 1.96. The zero-order valence-electron chi connectivity index (χ0n) is 11.0. The first-order valence-corrected chi connectivity index (χ1v) is 6.81. The third-order valence-corrected chi connectivity index (χ3v) is 3.12. The smallest absolute Gasteiger partial charge is 0.119 e. The van der Waals surface area contributed by atoms with E-state index >= 15 is 0 Å². The Morgan fingerprint density at radius 3 is 2.53 bits per heavy atom. The molecule has 0 bridgehead atoms. The zero-order valence-corrected chi connectivity index (χ0v) is 11.8. The topological polar surface area (TPSA) is 21.3 Å². The van der Waals surface area contributed by atoms with Crippen molar-refractivity contribution < 1.29 is 4.74 Å². The quantitative estimate of drug-likeness (QED) is 0.782. The third kappa shape index (κ3) is 4.49. The summed E-state index contributed by atoms with van der Waals surface area (Å²) in [6.45, 7) is 3.70. The predicted molar refractivity (Wildman–Crippen MR) is 81.2 cm³/mol. The van der Waals surface area contributed by atoms with Crippen LogP contribution >= 0.6 is 11.6 Å². The zero-order chi connectivity index (χ0) is 13.5. The van der Waals surface area contributed by atoms with Gasteiger partial charge in [-0.3, -0.25) is 0 Å². The summed E-state index contributed by atoms with van der Waals surface area (Å²) in [5, 5.41) is 4.14. The van der Waals surface area contributed by atoms with Gasteiger partial charge in [-0.1, -0.05) is 29.8 Å². The van der Waals surface area contributed by atoms with Gasteiger partial charge in [0.25, 0.3) is 0 Å². The second-order valence-corrected chi connectivity index (χ2v) is 4.83. The first kappa shape index (κ1) is 13.8. The average Bonchev–Trinajstić information content (AvgIpc) is 2.42. The summed E-state index contributed by atoms with van der Waals surface area (Å²) in [6.07, 6.45) is 0.955. The summed E-state index contributed by atoms with van der Waals surface area (Å²) >= 11 is 5.81. The maximum absolute atomic E-state index is 5.81. The van der Waals surface area contributed by atoms with Crippen molar-refractivity contribution in [2.24, 2.45) is 0 Å². The largest absolute Gasteiger partial charge is 0.494 e. The van der Waals surface area contributed by atoms with E-state index in [9.17, 15) is 0 Å². The van der Waals surface area contributed by atoms with Crippen molar-refractivity contribution in [3.63, 3.8) is 0 Å². The Balaban J connectivity index is 1.67. The SMILES string of the molecule is Cc1ccccc1NCCCOc1ccc(Cl)cc1. The monoisotopic (exact) mass is 275 g/mol. The van der Waals surface area contributed by atoms with E-state index in [0.29, 0.717) is 6.61 Å². The maximum Gasteiger partial charge on any atom is 0.119 e. The van der Waals surface area contributed by atoms with Crippen LogP contribution in [0.5, 0.6) is 5.75 Å². The normalized spacial score (nSPS) is 10.2. The van der Waals surface area contributed by atoms with Crippen LogP contribution in [0.25, 0.3) is 0 Å². The van der Waals surface area contributed by atoms with Crippen LogP contribution in [0, 0.1) is 6.92 Å². The molecule has 0 heterocycles. The van der Waals surface area contributed by atoms with E-state index in [-0.39, 0.29) is 0 Å². The summed E-state index contributed by atoms with van der Waals surface area (Å²) in [7, 11) is 0. The van der Waals surface area contributed by atoms with Gasteiger partial charge in [-0.2, -0.15) is 0 Å². The third-order valence-electron chi connectivity index (χ3n) is 2.86. The number of para-hydroxylation sites is 1. The number of nitrogens with one attached hydrogen (secondary N) is 1. The first-order chi connectivity index (χ1) is 9.25. The van der Waals surface area contributed by atoms with E-state index < -0.39 is 0 Å². The minimum Gasteiger partial charge on any atom is -0.494 e. The number of hydrogen-bond donors (Lipinski definition) is 1. The molecule has 0 saturated heterocycles. The molecule has 100 valence electrons. The molecule has 0 amide bonds. The van der Waals surface area contributed by atoms with Crippen molar-refractivity contribution in [1.29, 1.82) is 0 Å². The maximum atomic E-state index is 5.81. The molecule has 0 unspecified atom stereocenters. The van der Waals surface area contributed by atoms with Crippen molar-refractivity contribution in [3.8, 4) is 5.75 Å². The molecule has 2 rings (SSSR count). The van der Waals surface area contributed by atoms with Crippen molar-refractivity contribution in [2.75, 3.05) is 18.5 Å². The summed E-state index contributed by atoms with van der Waals surface area (Å²) in [5.74, 6) is 0.861. The van der Waals surface area contributed by atoms with E-state index in [1.54, 1.807) is 0 Å². The molecule has 19 heavy (non-hydrogen) atoms. The summed E-state index contributed by atoms with van der Waals surface area (Å²) in [6, 6.07) is 15.7. The highest BCUT2D eigenvalue weighted by atomic mass is 35.5. The molecule has 0 aliphatic rings. The first-order valence-electron chi connectivity index (χ1n) is 6.43. The molecule has 1 N–H and O–H groups in total. The van der Waals surface area contributed by atoms with Crippen LogP contribution in [0.1, 0.15) is 12.0 Å². The predicted octanol–water partition coefficient (Wildman–Crippen LogP) is 4.53. The van der Waals surface area contributed by atoms with Gasteiger partial charge in [0.2, 0.25) is 0 Å². The van der Waals surface area contributed by atoms with Crippen LogP contribution in [0.15, 0.2) is 48.5 Å². The molecule has 0 fully saturated rings. The number of halogens is 1. The van der Waals surface area contributed by atoms with Gasteiger partial charge in [-0.25, -0.2) is 0 Å². The number of hydrogen-bond acceptors (Lipinski definition) is 2. The molecule has 2 nitrogen and oxygen atoms in total. The molecular weight excluding hydrogens is 258 g/mol. The van der Waals surface area contributed by atoms with Gasteiger partial charge in [0.15, 0.2) is 0 Å². The van der Waals surface area contributed by atoms with Gasteiger partial charge in [-0.05, 0) is 49.2 Å². The Labute approximate surface area is 119 Å². The molecule has 0 aromatic heterocycles. The fraction of sp³-hybridized carbons (Fsp3) is 0.250. The van der Waals surface area contributed by atoms with Gasteiger partial charge >= 0.3 is 0 Å². The lowest BCUT2D eigenvalue weighted by Crippen LogP contribution is -2.07. The number of benzene rings is 2. The van der Waals surface area contributed by atoms with Gasteiger partial charge < -0.3 is 10.1 Å². The number of anilines is 1. The van der Waals surface area contributed by atoms with Crippen molar-refractivity contribution in [1.82, 2.24) is 0 Å². The van der Waals surface area contributed by atoms with Crippen molar-refractivity contribution in [3.05, 3.63) is 59.1 Å². The fourth-order valence-corrected chi connectivity index (χ4v) is 1.91. The number of ether oxygens (including phenoxy) is 1. The number of rotatable bonds is 6. The Hall–Kier alpha value is -1.67. The summed E-state index contributed by atoms with van der Waals surface area (Å²) < 4.78 is 5.63. The Morgan fingerprint density at radius 2 is 1.79 bits per heavy atom. The molecule has 0 radical (unpaired) electrons. The van der Waals surface area contributed by atoms with Gasteiger partial charge in [0, 0.05) is 17.3 Å². The standard InChI is InChI=1S/C16H18ClNO/c1-13-5-2-3-6-16(13)18-11-4-12-19-15-9-7-14(17)8-10-15/h2-3,5-10,18H,4,11-12H2,1H3. The fourth-order valence-electron chi connectivity index (χ4n) is 1.79. The van der Waals surface area contributed by atoms with E-state index in [1.165, 1.54) is 11.3 Å². The van der Waals surface area contributed by atoms with Crippen LogP contribution in [0.2, 0.25) is 5.02 Å². The summed E-state index contributed by atoms with van der Waals surface area (Å²) in [4.78, 5) is 0. The Morgan fingerprint density at radius 1 is 1.05 bits per heavy atom. The molecule has 0 aliphatic carbocycles. The second-order valence-electron chi connectivity index (χ2n) is 4.40. The minimum absolute atomic E-state index is 0.695. The van der Waals surface area contributed by atoms with Crippen LogP contribution < -0.4 is 10.1 Å². The highest BCUT2D eigenvalue weighted by molar-refractivity contribution is 6.30. The molecule has 0 saturated carbocycles. The van der Waals surface area contributed by atoms with E-state index in [0.717, 1.165) is 23.7 Å². The molecule has 0 spiro atoms. The van der Waals surface area contributed by atoms with Crippen LogP contribution in [0.3, 0.4) is 0 Å². The Kier molecular flexibility index (Phi) is 5.10. The van der Waals surface area contributed by atoms with Crippen LogP contribution in [-0.2, 0) is 0 Å². The number of aryl methyl sites for hydroxylation is 1. The highest BCUT2D eigenvalue weighted by Crippen LogP contribution is 2.16. The molecule has 2 aromatic carbocycles. The average molecular weight is 276 g/mol. The second kappa shape index (κ2) is 7.05. The van der Waals surface area contributed by atoms with Gasteiger partial charge in [-0.15, -0.1) is 0 Å². The van der Waals surface area contributed by atoms with E-state index in [4.69, 9.17) is 16.3 Å². The van der Waals surface area contributed by atoms with Crippen LogP contribution in [0.4, 0.5) is 5.69 Å². The molecular formula is C16H18ClNO. The lowest BCUT2D eigenvalue weighted by Gasteiger charge is -2.10. The van der Waals surface area contributed by atoms with Crippen molar-refractivity contribution >= 4 is 17.3 Å². The Bertz CT molecular complexity index is 510. The van der Waals surface area contributed by atoms with E-state index in [1.807, 2.05) is 36.4 Å². The lowest BCUT2D eigenvalue weighted by molar-refractivity contribution is 0.315. The summed E-state index contributed by atoms with van der Waals surface area (Å²) in [5.41, 5.74) is 2.45. The van der Waals surface area contributed by atoms with Crippen molar-refractivity contribution in [2.45, 2.75) is 13.3 Å².